The van der Waals surface area contributed by atoms with Crippen LogP contribution >= 0.6 is 35.9 Å². The number of hydrogen-bond donors (Lipinski definition) is 3. The number of carbonyl (C=O) groups excluding carboxylic acids is 6. The highest BCUT2D eigenvalue weighted by Gasteiger charge is 2.35. The van der Waals surface area contributed by atoms with Crippen LogP contribution in [0.2, 0.25) is 0 Å². The molecule has 9 amide bonds. The van der Waals surface area contributed by atoms with Crippen molar-refractivity contribution in [1.29, 1.82) is 15.8 Å². The molecule has 3 fully saturated rings. The maximum Gasteiger partial charge on any atom is 0.328 e. The lowest BCUT2D eigenvalue weighted by Crippen LogP contribution is -2.48. The topological polar surface area (TPSA) is 363 Å². The quantitative estimate of drug-likeness (QED) is 0.0336. The summed E-state index contributed by atoms with van der Waals surface area (Å²) in [5.41, 5.74) is 8.84. The number of anilines is 6. The number of carbonyl (C=O) groups is 6. The minimum Gasteiger partial charge on any atom is -0.481 e. The van der Waals surface area contributed by atoms with Crippen LogP contribution in [0.1, 0.15) is 133 Å². The summed E-state index contributed by atoms with van der Waals surface area (Å²) in [5.74, 6) is 6.32. The number of nitriles is 3. The van der Waals surface area contributed by atoms with Crippen LogP contribution < -0.4 is 35.4 Å². The molecule has 0 spiro atoms. The third kappa shape index (κ3) is 23.2. The average Bonchev–Trinajstić information content (AvgIpc) is 0.815. The van der Waals surface area contributed by atoms with Gasteiger partial charge in [-0.1, -0.05) is 13.8 Å². The molecule has 0 atom stereocenters. The molecule has 6 aromatic heterocycles. The first-order chi connectivity index (χ1) is 55.6. The van der Waals surface area contributed by atoms with Crippen molar-refractivity contribution >= 4 is 107 Å². The van der Waals surface area contributed by atoms with Crippen LogP contribution in [0.15, 0.2) is 55.0 Å². The van der Waals surface area contributed by atoms with E-state index in [0.29, 0.717) is 149 Å². The number of nitrogens with zero attached hydrogens (tertiary/aromatic N) is 18. The predicted molar refractivity (Wildman–Crippen MR) is 444 cm³/mol. The van der Waals surface area contributed by atoms with Crippen LogP contribution in [0.25, 0.3) is 0 Å². The molecule has 0 aromatic carbocycles. The first-order valence-electron chi connectivity index (χ1n) is 38.5. The number of amides is 9. The zero-order chi connectivity index (χ0) is 82.2. The number of urea groups is 3. The Kier molecular flexibility index (Phi) is 34.0. The first kappa shape index (κ1) is 90.0. The lowest BCUT2D eigenvalue weighted by Gasteiger charge is -2.34. The molecule has 0 aliphatic carbocycles. The molecule has 36 heteroatoms. The Bertz CT molecular complexity index is 4610. The Labute approximate surface area is 693 Å². The van der Waals surface area contributed by atoms with Crippen LogP contribution in [0.5, 0.6) is 5.88 Å². The molecule has 6 aliphatic rings. The van der Waals surface area contributed by atoms with Gasteiger partial charge in [0.2, 0.25) is 36.2 Å². The van der Waals surface area contributed by atoms with Crippen LogP contribution in [0, 0.1) is 39.8 Å². The summed E-state index contributed by atoms with van der Waals surface area (Å²) in [6, 6.07) is 15.5. The second-order valence-corrected chi connectivity index (χ2v) is 31.2. The lowest BCUT2D eigenvalue weighted by molar-refractivity contribution is -0.137. The van der Waals surface area contributed by atoms with Crippen molar-refractivity contribution in [1.82, 2.24) is 59.3 Å². The molecule has 3 N–H and O–H groups in total. The minimum absolute atomic E-state index is 0. The van der Waals surface area contributed by atoms with Gasteiger partial charge in [0.25, 0.3) is 0 Å². The van der Waals surface area contributed by atoms with Crippen LogP contribution in [0.3, 0.4) is 0 Å². The molecule has 12 heterocycles. The number of aryl methyl sites for hydroxylation is 5. The van der Waals surface area contributed by atoms with Crippen molar-refractivity contribution in [3.05, 3.63) is 133 Å². The van der Waals surface area contributed by atoms with E-state index in [1.54, 1.807) is 54.2 Å². The van der Waals surface area contributed by atoms with E-state index in [4.69, 9.17) is 43.9 Å². The van der Waals surface area contributed by atoms with Gasteiger partial charge in [-0.2, -0.15) is 44.3 Å². The van der Waals surface area contributed by atoms with Crippen molar-refractivity contribution in [2.75, 3.05) is 189 Å². The molecule has 6 aliphatic heterocycles. The van der Waals surface area contributed by atoms with E-state index in [1.807, 2.05) is 87.4 Å². The summed E-state index contributed by atoms with van der Waals surface area (Å²) in [4.78, 5) is 121. The number of rotatable bonds is 26. The van der Waals surface area contributed by atoms with E-state index in [-0.39, 0.29) is 55.0 Å². The van der Waals surface area contributed by atoms with Gasteiger partial charge in [-0.25, -0.2) is 43.7 Å². The number of pyridine rings is 6. The summed E-state index contributed by atoms with van der Waals surface area (Å²) >= 11 is 3.73. The Morgan fingerprint density at radius 3 is 1.17 bits per heavy atom. The highest BCUT2D eigenvalue weighted by atomic mass is 35.5. The number of ether oxygens (including phenoxy) is 5. The summed E-state index contributed by atoms with van der Waals surface area (Å²) in [7, 11) is 13.4. The molecule has 0 unspecified atom stereocenters. The Morgan fingerprint density at radius 1 is 0.491 bits per heavy atom. The number of thioether (sulfide) groups is 2. The van der Waals surface area contributed by atoms with Crippen LogP contribution in [-0.4, -0.2) is 253 Å². The van der Waals surface area contributed by atoms with Crippen molar-refractivity contribution in [3.8, 4) is 24.1 Å². The van der Waals surface area contributed by atoms with E-state index in [2.05, 4.69) is 56.9 Å². The third-order valence-corrected chi connectivity index (χ3v) is 22.3. The SMILES string of the molecule is CCSCCCc1cc(NC(=O)N2CCCc3cc(CN4CCN(C)CC4=O)c(C(OC)OC)nc32)ncc1C#N.CCSCCCc1cc(NC(=O)N2CCCc3cc(CN4CCN(C)CC4=O)c(OC)nc32)ncc1C#N.COC(OC)c1nc2c(cc1CN1CCN(C)CC1=O)CCCN2C(=O)Nc1cc(F)c(C#N)cn1.Cl.[2HH]. The number of piperazine rings is 3. The smallest absolute Gasteiger partial charge is 0.328 e. The molecule has 116 heavy (non-hydrogen) atoms. The molecule has 0 saturated carbocycles. The number of fused-ring (bicyclic) bond motifs is 3. The van der Waals surface area contributed by atoms with Gasteiger partial charge in [0.1, 0.15) is 75.9 Å². The van der Waals surface area contributed by atoms with Crippen molar-refractivity contribution in [2.45, 2.75) is 110 Å². The fourth-order valence-electron chi connectivity index (χ4n) is 14.3. The van der Waals surface area contributed by atoms with E-state index in [9.17, 15) is 43.7 Å². The average molecular weight is 1660 g/mol. The van der Waals surface area contributed by atoms with E-state index < -0.39 is 24.4 Å². The van der Waals surface area contributed by atoms with Crippen molar-refractivity contribution < 1.29 is 58.3 Å². The van der Waals surface area contributed by atoms with Gasteiger partial charge in [-0.3, -0.25) is 59.7 Å². The number of hydrogen-bond acceptors (Lipinski definition) is 25. The monoisotopic (exact) mass is 1650 g/mol. The summed E-state index contributed by atoms with van der Waals surface area (Å²) in [6.07, 6.45) is 10.5. The fourth-order valence-corrected chi connectivity index (χ4v) is 15.6. The number of methoxy groups -OCH3 is 5. The Morgan fingerprint density at radius 2 is 0.836 bits per heavy atom. The lowest BCUT2D eigenvalue weighted by atomic mass is 10.0. The van der Waals surface area contributed by atoms with Crippen molar-refractivity contribution in [2.24, 2.45) is 0 Å². The zero-order valence-corrected chi connectivity index (χ0v) is 69.9. The molecule has 6 aromatic rings. The highest BCUT2D eigenvalue weighted by molar-refractivity contribution is 7.99. The summed E-state index contributed by atoms with van der Waals surface area (Å²) in [5, 5.41) is 36.3. The van der Waals surface area contributed by atoms with Gasteiger partial charge in [0, 0.05) is 126 Å². The fraction of sp³-hybridized carbons (Fsp3) is 0.512. The summed E-state index contributed by atoms with van der Waals surface area (Å²) < 4.78 is 41.7. The number of aromatic nitrogens is 6. The normalized spacial score (nSPS) is 15.7. The van der Waals surface area contributed by atoms with Crippen LogP contribution in [-0.2, 0) is 85.1 Å². The van der Waals surface area contributed by atoms with E-state index in [0.717, 1.165) is 151 Å². The van der Waals surface area contributed by atoms with Crippen LogP contribution in [0.4, 0.5) is 53.7 Å². The number of nitrogens with one attached hydrogen (secondary N) is 3. The molecule has 32 nitrogen and oxygen atoms in total. The number of halogens is 2. The highest BCUT2D eigenvalue weighted by Crippen LogP contribution is 2.37. The molecule has 12 rings (SSSR count). The second-order valence-electron chi connectivity index (χ2n) is 28.4. The van der Waals surface area contributed by atoms with E-state index >= 15 is 0 Å². The zero-order valence-electron chi connectivity index (χ0n) is 67.5. The number of likely N-dealkylation sites (N-methyl/N-ethyl adjacent to an activating group) is 3. The molecular formula is C80H105ClFN21O11S2. The molecule has 0 radical (unpaired) electrons. The maximum atomic E-state index is 14.0. The molecule has 3 saturated heterocycles. The first-order valence-corrected chi connectivity index (χ1v) is 40.8. The summed E-state index contributed by atoms with van der Waals surface area (Å²) in [6.45, 7) is 12.2. The Balaban J connectivity index is 0.000000218. The van der Waals surface area contributed by atoms with Crippen molar-refractivity contribution in [3.63, 3.8) is 0 Å². The molecular weight excluding hydrogens is 1550 g/mol. The second kappa shape index (κ2) is 43.8. The third-order valence-electron chi connectivity index (χ3n) is 20.4. The van der Waals surface area contributed by atoms with E-state index in [1.165, 1.54) is 31.5 Å². The maximum absolute atomic E-state index is 14.0. The standard InChI is InChI=1S/C29H39N7O4S.C27H35N7O3S.C24H28FN7O4.ClH.H2/c1-5-41-13-7-9-20-15-24(31-17-23(20)16-30)32-29(38)36-10-6-8-21-14-22(18-35-12-11-34(2)19-25(35)37)26(33-27(21)36)28(39-3)40-4;1-4-38-12-6-8-19-14-23(29-16-22(19)15-28)30-27(36)34-9-5-7-20-13-21(26(37-3)31-25(20)34)17-33-11-10-32(2)18-24(33)35;1-30-7-8-31(20(33)14-30)13-16-9-15-5-4-6-32(22(15)29-21(16)23(35-2)36-3)24(34)28-19-10-18(25)17(11-26)12-27-19;;/h14-15,17,28H,5-13,18-19H2,1-4H3,(H,31,32,38);13-14,16H,4-12,17-18H2,1-3H3,(H,29,30,36);9-10,12,23H,4-8,13-14H2,1-3H3,(H,27,28,34);2*1H/i;;;;1+1. The molecule has 622 valence electrons. The molecule has 0 bridgehead atoms. The Hall–Kier alpha value is -9.97. The largest absolute Gasteiger partial charge is 0.481 e. The minimum atomic E-state index is -0.797. The van der Waals surface area contributed by atoms with Gasteiger partial charge in [-0.05, 0) is 178 Å². The predicted octanol–water partition coefficient (Wildman–Crippen LogP) is 9.59. The van der Waals surface area contributed by atoms with Gasteiger partial charge >= 0.3 is 18.1 Å². The van der Waals surface area contributed by atoms with Gasteiger partial charge in [0.05, 0.1) is 50.6 Å². The van der Waals surface area contributed by atoms with Gasteiger partial charge in [0.15, 0.2) is 0 Å². The van der Waals surface area contributed by atoms with Gasteiger partial charge in [-0.15, -0.1) is 12.4 Å². The van der Waals surface area contributed by atoms with Gasteiger partial charge < -0.3 is 38.4 Å².